The van der Waals surface area contributed by atoms with Gasteiger partial charge in [0.1, 0.15) is 0 Å². The summed E-state index contributed by atoms with van der Waals surface area (Å²) in [7, 11) is -3.00. The lowest BCUT2D eigenvalue weighted by molar-refractivity contribution is -0.130. The van der Waals surface area contributed by atoms with Crippen molar-refractivity contribution >= 4 is 38.8 Å². The van der Waals surface area contributed by atoms with Crippen molar-refractivity contribution in [3.8, 4) is 10.7 Å². The van der Waals surface area contributed by atoms with Crippen LogP contribution in [0.15, 0.2) is 22.7 Å². The van der Waals surface area contributed by atoms with Gasteiger partial charge in [0.05, 0.1) is 22.1 Å². The van der Waals surface area contributed by atoms with Crippen molar-refractivity contribution in [1.82, 2.24) is 20.1 Å². The summed E-state index contributed by atoms with van der Waals surface area (Å²) >= 11 is 2.86. The maximum absolute atomic E-state index is 12.7. The average molecular weight is 399 g/mol. The SMILES string of the molecule is O=C(CSc1n[nH]c(-c2cccs2)n1)N(C1CC1)[C@H]1CCS(=O)(=O)C1. The van der Waals surface area contributed by atoms with E-state index in [1.54, 1.807) is 11.3 Å². The van der Waals surface area contributed by atoms with Crippen LogP contribution >= 0.6 is 23.1 Å². The Morgan fingerprint density at radius 1 is 1.36 bits per heavy atom. The van der Waals surface area contributed by atoms with Gasteiger partial charge >= 0.3 is 0 Å². The first-order chi connectivity index (χ1) is 12.0. The molecule has 2 aliphatic rings. The maximum atomic E-state index is 12.7. The number of thiophene rings is 1. The van der Waals surface area contributed by atoms with Crippen molar-refractivity contribution in [3.63, 3.8) is 0 Å². The Bertz CT molecular complexity index is 858. The minimum atomic E-state index is -3.00. The fourth-order valence-electron chi connectivity index (χ4n) is 3.09. The van der Waals surface area contributed by atoms with Crippen molar-refractivity contribution < 1.29 is 13.2 Å². The number of aromatic amines is 1. The van der Waals surface area contributed by atoms with E-state index in [-0.39, 0.29) is 35.2 Å². The van der Waals surface area contributed by atoms with Crippen molar-refractivity contribution in [2.24, 2.45) is 0 Å². The van der Waals surface area contributed by atoms with Crippen LogP contribution in [0.1, 0.15) is 19.3 Å². The number of rotatable bonds is 6. The first-order valence-corrected chi connectivity index (χ1v) is 11.8. The molecule has 1 N–H and O–H groups in total. The summed E-state index contributed by atoms with van der Waals surface area (Å²) < 4.78 is 23.5. The van der Waals surface area contributed by atoms with Gasteiger partial charge in [-0.15, -0.1) is 16.4 Å². The number of hydrogen-bond acceptors (Lipinski definition) is 7. The average Bonchev–Trinajstić information content (AvgIpc) is 3.00. The number of sulfone groups is 1. The number of aromatic nitrogens is 3. The van der Waals surface area contributed by atoms with E-state index in [9.17, 15) is 13.2 Å². The largest absolute Gasteiger partial charge is 0.335 e. The zero-order valence-corrected chi connectivity index (χ0v) is 15.9. The summed E-state index contributed by atoms with van der Waals surface area (Å²) in [5.41, 5.74) is 0. The lowest BCUT2D eigenvalue weighted by Gasteiger charge is -2.28. The molecule has 10 heteroatoms. The van der Waals surface area contributed by atoms with Gasteiger partial charge in [0, 0.05) is 12.1 Å². The van der Waals surface area contributed by atoms with E-state index in [2.05, 4.69) is 15.2 Å². The molecule has 25 heavy (non-hydrogen) atoms. The Balaban J connectivity index is 1.39. The first-order valence-electron chi connectivity index (χ1n) is 8.12. The van der Waals surface area contributed by atoms with E-state index in [0.717, 1.165) is 17.7 Å². The molecule has 134 valence electrons. The van der Waals surface area contributed by atoms with Crippen LogP contribution in [0.25, 0.3) is 10.7 Å². The predicted molar refractivity (Wildman–Crippen MR) is 97.3 cm³/mol. The number of thioether (sulfide) groups is 1. The monoisotopic (exact) mass is 398 g/mol. The molecule has 1 saturated carbocycles. The Labute approximate surface area is 154 Å². The van der Waals surface area contributed by atoms with Crippen LogP contribution in [-0.4, -0.2) is 63.7 Å². The minimum Gasteiger partial charge on any atom is -0.335 e. The van der Waals surface area contributed by atoms with E-state index in [1.807, 2.05) is 22.4 Å². The number of carbonyl (C=O) groups excluding carboxylic acids is 1. The zero-order chi connectivity index (χ0) is 17.4. The van der Waals surface area contributed by atoms with Gasteiger partial charge in [-0.3, -0.25) is 9.89 Å². The molecule has 0 spiro atoms. The van der Waals surface area contributed by atoms with Gasteiger partial charge in [-0.2, -0.15) is 0 Å². The summed E-state index contributed by atoms with van der Waals surface area (Å²) in [5, 5.41) is 9.54. The van der Waals surface area contributed by atoms with Gasteiger partial charge in [0.25, 0.3) is 0 Å². The van der Waals surface area contributed by atoms with Crippen LogP contribution in [-0.2, 0) is 14.6 Å². The number of nitrogens with one attached hydrogen (secondary N) is 1. The van der Waals surface area contributed by atoms with E-state index in [4.69, 9.17) is 0 Å². The van der Waals surface area contributed by atoms with Crippen LogP contribution in [0.5, 0.6) is 0 Å². The molecule has 1 aliphatic heterocycles. The number of hydrogen-bond donors (Lipinski definition) is 1. The Kier molecular flexibility index (Phi) is 4.59. The minimum absolute atomic E-state index is 0.0166. The number of carbonyl (C=O) groups is 1. The molecule has 2 fully saturated rings. The van der Waals surface area contributed by atoms with Crippen LogP contribution in [0.2, 0.25) is 0 Å². The summed E-state index contributed by atoms with van der Waals surface area (Å²) in [4.78, 5) is 19.9. The highest BCUT2D eigenvalue weighted by Crippen LogP contribution is 2.33. The maximum Gasteiger partial charge on any atom is 0.233 e. The van der Waals surface area contributed by atoms with Gasteiger partial charge in [0.2, 0.25) is 11.1 Å². The van der Waals surface area contributed by atoms with Crippen LogP contribution in [0.4, 0.5) is 0 Å². The molecule has 2 aromatic heterocycles. The fourth-order valence-corrected chi connectivity index (χ4v) is 6.13. The number of amides is 1. The molecular formula is C15H18N4O3S3. The third-order valence-corrected chi connectivity index (χ3v) is 7.83. The number of H-pyrrole nitrogens is 1. The highest BCUT2D eigenvalue weighted by molar-refractivity contribution is 7.99. The molecule has 1 atom stereocenters. The molecule has 0 aromatic carbocycles. The van der Waals surface area contributed by atoms with E-state index < -0.39 is 9.84 Å². The molecule has 1 saturated heterocycles. The summed E-state index contributed by atoms with van der Waals surface area (Å²) in [6, 6.07) is 3.95. The van der Waals surface area contributed by atoms with Crippen LogP contribution in [0.3, 0.4) is 0 Å². The normalized spacial score (nSPS) is 22.2. The predicted octanol–water partition coefficient (Wildman–Crippen LogP) is 1.80. The topological polar surface area (TPSA) is 96.0 Å². The quantitative estimate of drug-likeness (QED) is 0.746. The fraction of sp³-hybridized carbons (Fsp3) is 0.533. The summed E-state index contributed by atoms with van der Waals surface area (Å²) in [6.07, 6.45) is 2.49. The molecule has 1 amide bonds. The Morgan fingerprint density at radius 2 is 2.20 bits per heavy atom. The van der Waals surface area contributed by atoms with Crippen molar-refractivity contribution in [1.29, 1.82) is 0 Å². The van der Waals surface area contributed by atoms with E-state index in [1.165, 1.54) is 11.8 Å². The van der Waals surface area contributed by atoms with Gasteiger partial charge in [0.15, 0.2) is 15.7 Å². The van der Waals surface area contributed by atoms with Crippen molar-refractivity contribution in [2.45, 2.75) is 36.5 Å². The van der Waals surface area contributed by atoms with Gasteiger partial charge < -0.3 is 4.90 Å². The van der Waals surface area contributed by atoms with Crippen LogP contribution in [0, 0.1) is 0 Å². The van der Waals surface area contributed by atoms with Gasteiger partial charge in [-0.1, -0.05) is 17.8 Å². The summed E-state index contributed by atoms with van der Waals surface area (Å²) in [5.74, 6) is 1.20. The highest BCUT2D eigenvalue weighted by atomic mass is 32.2. The van der Waals surface area contributed by atoms with Crippen molar-refractivity contribution in [3.05, 3.63) is 17.5 Å². The molecule has 3 heterocycles. The third kappa shape index (κ3) is 3.90. The first kappa shape index (κ1) is 17.0. The molecule has 0 bridgehead atoms. The molecule has 0 radical (unpaired) electrons. The second-order valence-corrected chi connectivity index (χ2v) is 10.4. The molecular weight excluding hydrogens is 380 g/mol. The second-order valence-electron chi connectivity index (χ2n) is 6.32. The number of nitrogens with zero attached hydrogens (tertiary/aromatic N) is 3. The molecule has 1 aliphatic carbocycles. The van der Waals surface area contributed by atoms with E-state index >= 15 is 0 Å². The van der Waals surface area contributed by atoms with E-state index in [0.29, 0.717) is 17.4 Å². The molecule has 0 unspecified atom stereocenters. The Hall–Kier alpha value is -1.39. The smallest absolute Gasteiger partial charge is 0.233 e. The Morgan fingerprint density at radius 3 is 2.84 bits per heavy atom. The summed E-state index contributed by atoms with van der Waals surface area (Å²) in [6.45, 7) is 0. The molecule has 2 aromatic rings. The molecule has 7 nitrogen and oxygen atoms in total. The van der Waals surface area contributed by atoms with Gasteiger partial charge in [-0.05, 0) is 30.7 Å². The lowest BCUT2D eigenvalue weighted by Crippen LogP contribution is -2.43. The van der Waals surface area contributed by atoms with Gasteiger partial charge in [-0.25, -0.2) is 13.4 Å². The molecule has 4 rings (SSSR count). The standard InChI is InChI=1S/C15H18N4O3S3/c20-13(19(10-3-4-10)11-5-7-25(21,22)9-11)8-24-15-16-14(17-18-15)12-2-1-6-23-12/h1-2,6,10-11H,3-5,7-9H2,(H,16,17,18)/t11-/m0/s1. The van der Waals surface area contributed by atoms with Crippen LogP contribution < -0.4 is 0 Å². The third-order valence-electron chi connectivity index (χ3n) is 4.37. The zero-order valence-electron chi connectivity index (χ0n) is 13.4. The second kappa shape index (κ2) is 6.73. The van der Waals surface area contributed by atoms with Crippen molar-refractivity contribution in [2.75, 3.05) is 17.3 Å². The highest BCUT2D eigenvalue weighted by Gasteiger charge is 2.41. The lowest BCUT2D eigenvalue weighted by atomic mass is 10.2.